The van der Waals surface area contributed by atoms with Gasteiger partial charge >= 0.3 is 5.97 Å². The number of nitrogens with two attached hydrogens (primary N) is 1. The quantitative estimate of drug-likeness (QED) is 0.316. The van der Waals surface area contributed by atoms with Crippen molar-refractivity contribution in [3.05, 3.63) is 53.6 Å². The maximum atomic E-state index is 13.6. The van der Waals surface area contributed by atoms with Crippen LogP contribution in [0.25, 0.3) is 16.3 Å². The van der Waals surface area contributed by atoms with Crippen molar-refractivity contribution in [2.45, 2.75) is 104 Å². The molecule has 4 saturated carbocycles. The van der Waals surface area contributed by atoms with E-state index in [0.717, 1.165) is 41.2 Å². The van der Waals surface area contributed by atoms with Gasteiger partial charge in [0.15, 0.2) is 5.78 Å². The van der Waals surface area contributed by atoms with Gasteiger partial charge in [-0.15, -0.1) is 0 Å². The number of benzene rings is 2. The van der Waals surface area contributed by atoms with Gasteiger partial charge in [-0.1, -0.05) is 57.2 Å². The van der Waals surface area contributed by atoms with Gasteiger partial charge in [-0.25, -0.2) is 0 Å². The summed E-state index contributed by atoms with van der Waals surface area (Å²) in [6.07, 6.45) is 2.56. The Balaban J connectivity index is 1.52. The van der Waals surface area contributed by atoms with Crippen LogP contribution < -0.4 is 5.73 Å². The zero-order valence-corrected chi connectivity index (χ0v) is 25.9. The molecule has 6 nitrogen and oxygen atoms in total. The highest BCUT2D eigenvalue weighted by atomic mass is 16.5. The molecule has 0 unspecified atom stereocenters. The van der Waals surface area contributed by atoms with Crippen molar-refractivity contribution in [3.63, 3.8) is 0 Å². The lowest BCUT2D eigenvalue weighted by Gasteiger charge is -2.70. The molecule has 2 aromatic rings. The minimum atomic E-state index is -0.718. The molecule has 0 amide bonds. The van der Waals surface area contributed by atoms with E-state index >= 15 is 0 Å². The molecule has 226 valence electrons. The first-order valence-electron chi connectivity index (χ1n) is 15.7. The number of esters is 1. The topological polar surface area (TPSA) is 110 Å². The van der Waals surface area contributed by atoms with E-state index in [2.05, 4.69) is 32.9 Å². The van der Waals surface area contributed by atoms with Crippen LogP contribution in [0.2, 0.25) is 0 Å². The number of rotatable bonds is 3. The summed E-state index contributed by atoms with van der Waals surface area (Å²) in [5.74, 6) is -0.479. The Hall–Kier alpha value is -2.54. The van der Waals surface area contributed by atoms with Crippen molar-refractivity contribution in [1.82, 2.24) is 0 Å². The van der Waals surface area contributed by atoms with Crippen molar-refractivity contribution in [3.8, 4) is 0 Å². The van der Waals surface area contributed by atoms with Crippen LogP contribution in [0.15, 0.2) is 48.0 Å². The zero-order valence-electron chi connectivity index (χ0n) is 25.9. The van der Waals surface area contributed by atoms with Gasteiger partial charge in [-0.3, -0.25) is 9.59 Å². The first kappa shape index (κ1) is 29.5. The number of Topliss-reactive ketones (excluding diaryl/α,β-unsaturated/α-hetero) is 1. The lowest BCUT2D eigenvalue weighted by molar-refractivity contribution is -0.237. The number of fused-ring (bicyclic) bond motifs is 6. The van der Waals surface area contributed by atoms with Crippen molar-refractivity contribution in [2.24, 2.45) is 39.7 Å². The molecule has 4 aliphatic carbocycles. The summed E-state index contributed by atoms with van der Waals surface area (Å²) in [7, 11) is 0. The maximum Gasteiger partial charge on any atom is 0.303 e. The number of aliphatic hydroxyl groups excluding tert-OH is 2. The summed E-state index contributed by atoms with van der Waals surface area (Å²) in [5, 5.41) is 25.2. The van der Waals surface area contributed by atoms with Gasteiger partial charge in [-0.2, -0.15) is 0 Å². The second-order valence-electron chi connectivity index (χ2n) is 14.9. The summed E-state index contributed by atoms with van der Waals surface area (Å²) >= 11 is 0. The lowest BCUT2D eigenvalue weighted by Crippen LogP contribution is -2.71. The fourth-order valence-corrected chi connectivity index (χ4v) is 10.9. The van der Waals surface area contributed by atoms with Crippen LogP contribution in [0.3, 0.4) is 0 Å². The number of hydrogen-bond acceptors (Lipinski definition) is 6. The lowest BCUT2D eigenvalue weighted by atomic mass is 9.36. The highest BCUT2D eigenvalue weighted by molar-refractivity contribution is 6.21. The number of allylic oxidation sites excluding steroid dienone is 1. The molecule has 2 aromatic carbocycles. The summed E-state index contributed by atoms with van der Waals surface area (Å²) in [6, 6.07) is 14.2. The van der Waals surface area contributed by atoms with E-state index in [-0.39, 0.29) is 45.8 Å². The summed E-state index contributed by atoms with van der Waals surface area (Å²) in [6.45, 7) is 11.9. The molecular weight excluding hydrogens is 526 g/mol. The third kappa shape index (κ3) is 4.01. The molecule has 4 fully saturated rings. The molecule has 0 bridgehead atoms. The smallest absolute Gasteiger partial charge is 0.303 e. The van der Waals surface area contributed by atoms with Crippen LogP contribution in [0.1, 0.15) is 85.6 Å². The predicted octanol–water partition coefficient (Wildman–Crippen LogP) is 5.82. The van der Waals surface area contributed by atoms with E-state index in [0.29, 0.717) is 24.8 Å². The van der Waals surface area contributed by atoms with Crippen LogP contribution in [-0.2, 0) is 14.3 Å². The molecule has 0 spiro atoms. The van der Waals surface area contributed by atoms with Crippen molar-refractivity contribution in [1.29, 1.82) is 0 Å². The Bertz CT molecular complexity index is 1480. The monoisotopic (exact) mass is 573 g/mol. The van der Waals surface area contributed by atoms with Crippen molar-refractivity contribution < 1.29 is 24.5 Å². The standard InChI is InChI=1S/C36H47NO5/c1-20(38)30(24-12-11-22-9-7-8-10-23(22)17-24)31-25-18-26(40)32-33(3)15-14-29(41)36(6,37)28(33)13-16-34(32,4)35(25,5)19-27(31)42-21(2)39/h7-12,17,25-29,32,40-41H,13-16,18-19,37H2,1-6H3/b31-30+/t25-,26+,27-,28+,29+,32-,33-,34-,35-,36+/m0/s1. The first-order valence-corrected chi connectivity index (χ1v) is 15.7. The Morgan fingerprint density at radius 1 is 0.929 bits per heavy atom. The second kappa shape index (κ2) is 9.73. The van der Waals surface area contributed by atoms with Gasteiger partial charge in [0.2, 0.25) is 0 Å². The normalized spacial score (nSPS) is 44.1. The van der Waals surface area contributed by atoms with Crippen LogP contribution in [0, 0.1) is 34.0 Å². The molecular formula is C36H47NO5. The molecule has 0 heterocycles. The number of carbonyl (C=O) groups excluding carboxylic acids is 2. The number of aliphatic hydroxyl groups is 2. The van der Waals surface area contributed by atoms with E-state index in [1.807, 2.05) is 37.3 Å². The molecule has 0 radical (unpaired) electrons. The molecule has 0 saturated heterocycles. The third-order valence-corrected chi connectivity index (χ3v) is 12.8. The van der Waals surface area contributed by atoms with Gasteiger partial charge < -0.3 is 20.7 Å². The third-order valence-electron chi connectivity index (χ3n) is 12.8. The van der Waals surface area contributed by atoms with Crippen LogP contribution >= 0.6 is 0 Å². The number of carbonyl (C=O) groups is 2. The van der Waals surface area contributed by atoms with E-state index in [9.17, 15) is 19.8 Å². The van der Waals surface area contributed by atoms with E-state index < -0.39 is 23.9 Å². The van der Waals surface area contributed by atoms with Gasteiger partial charge in [0.25, 0.3) is 0 Å². The molecule has 42 heavy (non-hydrogen) atoms. The number of ether oxygens (including phenoxy) is 1. The molecule has 0 aromatic heterocycles. The highest BCUT2D eigenvalue weighted by Crippen LogP contribution is 2.74. The van der Waals surface area contributed by atoms with Crippen LogP contribution in [0.5, 0.6) is 0 Å². The van der Waals surface area contributed by atoms with Crippen LogP contribution in [-0.4, -0.2) is 45.8 Å². The van der Waals surface area contributed by atoms with Gasteiger partial charge in [-0.05, 0) is 114 Å². The van der Waals surface area contributed by atoms with Crippen molar-refractivity contribution >= 4 is 28.1 Å². The molecule has 4 aliphatic rings. The van der Waals surface area contributed by atoms with Gasteiger partial charge in [0, 0.05) is 18.0 Å². The summed E-state index contributed by atoms with van der Waals surface area (Å²) < 4.78 is 6.08. The molecule has 10 atom stereocenters. The average Bonchev–Trinajstić information content (AvgIpc) is 3.17. The Morgan fingerprint density at radius 2 is 1.62 bits per heavy atom. The van der Waals surface area contributed by atoms with Gasteiger partial charge in [0.1, 0.15) is 6.10 Å². The fraction of sp³-hybridized carbons (Fsp3) is 0.611. The SMILES string of the molecule is CC(=O)O[C@H]1C[C@@]2(C)[C@@H](C[C@@H](O)[C@H]3[C@@]4(C)CC[C@@H](O)[C@](C)(N)[C@@H]4CC[C@@]32C)/C1=C(/C(C)=O)c1ccc2ccccc2c1. The largest absolute Gasteiger partial charge is 0.458 e. The first-order chi connectivity index (χ1) is 19.6. The molecule has 4 N–H and O–H groups in total. The molecule has 6 rings (SSSR count). The van der Waals surface area contributed by atoms with Crippen molar-refractivity contribution in [2.75, 3.05) is 0 Å². The summed E-state index contributed by atoms with van der Waals surface area (Å²) in [5.41, 5.74) is 7.60. The summed E-state index contributed by atoms with van der Waals surface area (Å²) in [4.78, 5) is 26.1. The van der Waals surface area contributed by atoms with E-state index in [1.165, 1.54) is 6.92 Å². The fourth-order valence-electron chi connectivity index (χ4n) is 10.9. The highest BCUT2D eigenvalue weighted by Gasteiger charge is 2.72. The number of hydrogen-bond donors (Lipinski definition) is 3. The average molecular weight is 574 g/mol. The Kier molecular flexibility index (Phi) is 6.84. The van der Waals surface area contributed by atoms with E-state index in [1.54, 1.807) is 6.92 Å². The molecule has 6 heteroatoms. The zero-order chi connectivity index (χ0) is 30.4. The van der Waals surface area contributed by atoms with Crippen LogP contribution in [0.4, 0.5) is 0 Å². The predicted molar refractivity (Wildman–Crippen MR) is 164 cm³/mol. The van der Waals surface area contributed by atoms with E-state index in [4.69, 9.17) is 10.5 Å². The van der Waals surface area contributed by atoms with Gasteiger partial charge in [0.05, 0.1) is 12.2 Å². The number of ketones is 1. The minimum Gasteiger partial charge on any atom is -0.458 e. The Morgan fingerprint density at radius 3 is 2.29 bits per heavy atom. The Labute approximate surface area is 249 Å². The maximum absolute atomic E-state index is 13.6. The second-order valence-corrected chi connectivity index (χ2v) is 14.9. The minimum absolute atomic E-state index is 0.0286. The molecule has 0 aliphatic heterocycles.